The molecule has 0 saturated heterocycles. The molecule has 0 aliphatic carbocycles. The average Bonchev–Trinajstić information content (AvgIpc) is 2.40. The van der Waals surface area contributed by atoms with Crippen LogP contribution in [0.3, 0.4) is 0 Å². The topological polar surface area (TPSA) is 78.4 Å². The van der Waals surface area contributed by atoms with Crippen LogP contribution in [0.1, 0.15) is 17.5 Å². The molecule has 0 heterocycles. The summed E-state index contributed by atoms with van der Waals surface area (Å²) in [6.07, 6.45) is 5.70. The van der Waals surface area contributed by atoms with E-state index >= 15 is 0 Å². The van der Waals surface area contributed by atoms with E-state index in [9.17, 15) is 9.59 Å². The summed E-state index contributed by atoms with van der Waals surface area (Å²) in [6, 6.07) is 6.31. The number of carboxylic acids is 1. The van der Waals surface area contributed by atoms with Crippen molar-refractivity contribution >= 4 is 12.0 Å². The highest BCUT2D eigenvalue weighted by Crippen LogP contribution is 2.06. The second kappa shape index (κ2) is 7.85. The van der Waals surface area contributed by atoms with E-state index in [2.05, 4.69) is 16.6 Å². The van der Waals surface area contributed by atoms with Gasteiger partial charge < -0.3 is 15.7 Å². The molecule has 0 aliphatic rings. The lowest BCUT2D eigenvalue weighted by Crippen LogP contribution is -2.46. The van der Waals surface area contributed by atoms with Crippen LogP contribution < -0.4 is 10.6 Å². The molecule has 0 radical (unpaired) electrons. The van der Waals surface area contributed by atoms with Crippen molar-refractivity contribution in [3.05, 3.63) is 35.4 Å². The fraction of sp³-hybridized carbons (Fsp3) is 0.333. The fourth-order valence-electron chi connectivity index (χ4n) is 1.73. The van der Waals surface area contributed by atoms with Gasteiger partial charge in [-0.2, -0.15) is 0 Å². The van der Waals surface area contributed by atoms with Gasteiger partial charge in [0, 0.05) is 13.0 Å². The maximum atomic E-state index is 11.6. The molecule has 1 aromatic rings. The molecule has 0 aromatic heterocycles. The van der Waals surface area contributed by atoms with Gasteiger partial charge in [0.25, 0.3) is 0 Å². The monoisotopic (exact) mass is 274 g/mol. The summed E-state index contributed by atoms with van der Waals surface area (Å²) >= 11 is 0. The van der Waals surface area contributed by atoms with Crippen LogP contribution in [0.4, 0.5) is 4.79 Å². The largest absolute Gasteiger partial charge is 0.480 e. The number of aryl methyl sites for hydroxylation is 1. The molecule has 5 nitrogen and oxygen atoms in total. The van der Waals surface area contributed by atoms with Crippen molar-refractivity contribution in [2.45, 2.75) is 25.8 Å². The zero-order valence-electron chi connectivity index (χ0n) is 11.3. The van der Waals surface area contributed by atoms with Gasteiger partial charge in [-0.3, -0.25) is 0 Å². The van der Waals surface area contributed by atoms with Crippen LogP contribution in [0.5, 0.6) is 0 Å². The van der Waals surface area contributed by atoms with E-state index in [1.807, 2.05) is 31.2 Å². The molecule has 0 bridgehead atoms. The van der Waals surface area contributed by atoms with Crippen LogP contribution in [0, 0.1) is 19.3 Å². The van der Waals surface area contributed by atoms with Crippen molar-refractivity contribution in [2.75, 3.05) is 6.54 Å². The van der Waals surface area contributed by atoms with Crippen LogP contribution in [0.25, 0.3) is 0 Å². The molecule has 2 amide bonds. The summed E-state index contributed by atoms with van der Waals surface area (Å²) in [7, 11) is 0. The Kier molecular flexibility index (Phi) is 6.11. The second-order valence-electron chi connectivity index (χ2n) is 4.38. The van der Waals surface area contributed by atoms with E-state index in [1.165, 1.54) is 0 Å². The first-order chi connectivity index (χ1) is 9.54. The summed E-state index contributed by atoms with van der Waals surface area (Å²) in [5.74, 6) is 1.08. The summed E-state index contributed by atoms with van der Waals surface area (Å²) < 4.78 is 0. The molecule has 1 rings (SSSR count). The van der Waals surface area contributed by atoms with Gasteiger partial charge in [0.1, 0.15) is 6.04 Å². The van der Waals surface area contributed by atoms with Gasteiger partial charge in [-0.1, -0.05) is 24.3 Å². The van der Waals surface area contributed by atoms with Gasteiger partial charge in [-0.15, -0.1) is 12.3 Å². The van der Waals surface area contributed by atoms with Crippen molar-refractivity contribution < 1.29 is 14.7 Å². The van der Waals surface area contributed by atoms with Gasteiger partial charge in [0.15, 0.2) is 0 Å². The highest BCUT2D eigenvalue weighted by Gasteiger charge is 2.18. The Labute approximate surface area is 118 Å². The highest BCUT2D eigenvalue weighted by atomic mass is 16.4. The molecule has 3 N–H and O–H groups in total. The van der Waals surface area contributed by atoms with Crippen molar-refractivity contribution in [2.24, 2.45) is 0 Å². The Bertz CT molecular complexity index is 520. The van der Waals surface area contributed by atoms with Crippen LogP contribution in [-0.2, 0) is 11.2 Å². The Morgan fingerprint density at radius 3 is 2.70 bits per heavy atom. The van der Waals surface area contributed by atoms with Crippen molar-refractivity contribution in [3.8, 4) is 12.3 Å². The first-order valence-corrected chi connectivity index (χ1v) is 6.29. The Hall–Kier alpha value is -2.48. The number of benzene rings is 1. The molecule has 0 spiro atoms. The SMILES string of the molecule is C#CCC(NC(=O)NCCc1ccccc1C)C(=O)O. The summed E-state index contributed by atoms with van der Waals surface area (Å²) in [4.78, 5) is 22.4. The van der Waals surface area contributed by atoms with Gasteiger partial charge >= 0.3 is 12.0 Å². The quantitative estimate of drug-likeness (QED) is 0.684. The third kappa shape index (κ3) is 5.02. The first kappa shape index (κ1) is 15.6. The minimum Gasteiger partial charge on any atom is -0.480 e. The van der Waals surface area contributed by atoms with Crippen molar-refractivity contribution in [1.82, 2.24) is 10.6 Å². The average molecular weight is 274 g/mol. The third-order valence-corrected chi connectivity index (χ3v) is 2.87. The smallest absolute Gasteiger partial charge is 0.327 e. The molecule has 0 aliphatic heterocycles. The molecule has 0 fully saturated rings. The molecule has 1 aromatic carbocycles. The number of hydrogen-bond donors (Lipinski definition) is 3. The maximum Gasteiger partial charge on any atom is 0.327 e. The van der Waals surface area contributed by atoms with Crippen LogP contribution in [0.15, 0.2) is 24.3 Å². The molecular weight excluding hydrogens is 256 g/mol. The standard InChI is InChI=1S/C15H18N2O3/c1-3-6-13(14(18)19)17-15(20)16-10-9-12-8-5-4-7-11(12)2/h1,4-5,7-8,13H,6,9-10H2,2H3,(H,18,19)(H2,16,17,20). The van der Waals surface area contributed by atoms with Crippen molar-refractivity contribution in [3.63, 3.8) is 0 Å². The van der Waals surface area contributed by atoms with E-state index in [4.69, 9.17) is 11.5 Å². The number of carboxylic acid groups (broad SMARTS) is 1. The molecule has 106 valence electrons. The van der Waals surface area contributed by atoms with E-state index in [0.29, 0.717) is 13.0 Å². The zero-order chi connectivity index (χ0) is 15.0. The van der Waals surface area contributed by atoms with E-state index in [-0.39, 0.29) is 6.42 Å². The lowest BCUT2D eigenvalue weighted by Gasteiger charge is -2.13. The number of carbonyl (C=O) groups is 2. The molecule has 1 unspecified atom stereocenters. The fourth-order valence-corrected chi connectivity index (χ4v) is 1.73. The van der Waals surface area contributed by atoms with Gasteiger partial charge in [-0.05, 0) is 24.5 Å². The molecule has 0 saturated carbocycles. The van der Waals surface area contributed by atoms with E-state index in [0.717, 1.165) is 11.1 Å². The summed E-state index contributed by atoms with van der Waals surface area (Å²) in [6.45, 7) is 2.43. The number of carbonyl (C=O) groups excluding carboxylic acids is 1. The second-order valence-corrected chi connectivity index (χ2v) is 4.38. The van der Waals surface area contributed by atoms with Gasteiger partial charge in [-0.25, -0.2) is 9.59 Å². The first-order valence-electron chi connectivity index (χ1n) is 6.29. The number of amides is 2. The predicted octanol–water partition coefficient (Wildman–Crippen LogP) is 1.31. The molecular formula is C15H18N2O3. The Morgan fingerprint density at radius 2 is 2.10 bits per heavy atom. The predicted molar refractivity (Wildman–Crippen MR) is 76.3 cm³/mol. The van der Waals surface area contributed by atoms with Crippen LogP contribution >= 0.6 is 0 Å². The lowest BCUT2D eigenvalue weighted by molar-refractivity contribution is -0.139. The van der Waals surface area contributed by atoms with Crippen LogP contribution in [0.2, 0.25) is 0 Å². The Balaban J connectivity index is 2.39. The number of rotatable bonds is 6. The normalized spacial score (nSPS) is 11.2. The highest BCUT2D eigenvalue weighted by molar-refractivity contribution is 5.82. The zero-order valence-corrected chi connectivity index (χ0v) is 11.3. The molecule has 5 heteroatoms. The van der Waals surface area contributed by atoms with Crippen molar-refractivity contribution in [1.29, 1.82) is 0 Å². The minimum absolute atomic E-state index is 0.0411. The van der Waals surface area contributed by atoms with E-state index in [1.54, 1.807) is 0 Å². The number of hydrogen-bond acceptors (Lipinski definition) is 2. The Morgan fingerprint density at radius 1 is 1.40 bits per heavy atom. The maximum absolute atomic E-state index is 11.6. The van der Waals surface area contributed by atoms with Crippen LogP contribution in [-0.4, -0.2) is 29.7 Å². The van der Waals surface area contributed by atoms with Gasteiger partial charge in [0.05, 0.1) is 0 Å². The summed E-state index contributed by atoms with van der Waals surface area (Å²) in [5, 5.41) is 13.8. The number of aliphatic carboxylic acids is 1. The summed E-state index contributed by atoms with van der Waals surface area (Å²) in [5.41, 5.74) is 2.30. The lowest BCUT2D eigenvalue weighted by atomic mass is 10.1. The molecule has 20 heavy (non-hydrogen) atoms. The molecule has 1 atom stereocenters. The number of terminal acetylenes is 1. The third-order valence-electron chi connectivity index (χ3n) is 2.87. The van der Waals surface area contributed by atoms with Gasteiger partial charge in [0.2, 0.25) is 0 Å². The minimum atomic E-state index is -1.14. The number of nitrogens with one attached hydrogen (secondary N) is 2. The van der Waals surface area contributed by atoms with E-state index < -0.39 is 18.0 Å². The number of urea groups is 1.